The molecular formula is C8H18N2O2. The number of aliphatic hydroxyl groups excluding tert-OH is 1. The van der Waals surface area contributed by atoms with Crippen LogP contribution in [0.3, 0.4) is 0 Å². The Labute approximate surface area is 73.1 Å². The molecule has 4 nitrogen and oxygen atoms in total. The highest BCUT2D eigenvalue weighted by molar-refractivity contribution is 4.98. The molecule has 0 radical (unpaired) electrons. The van der Waals surface area contributed by atoms with Gasteiger partial charge >= 0.3 is 0 Å². The Bertz CT molecular complexity index is 155. The highest BCUT2D eigenvalue weighted by Gasteiger charge is 2.38. The Morgan fingerprint density at radius 3 is 2.50 bits per heavy atom. The molecule has 1 aliphatic heterocycles. The summed E-state index contributed by atoms with van der Waals surface area (Å²) in [6.07, 6.45) is 0. The molecule has 0 amide bonds. The third kappa shape index (κ3) is 1.95. The van der Waals surface area contributed by atoms with Gasteiger partial charge in [-0.3, -0.25) is 5.32 Å². The third-order valence-corrected chi connectivity index (χ3v) is 2.14. The summed E-state index contributed by atoms with van der Waals surface area (Å²) in [4.78, 5) is 0. The Hall–Kier alpha value is -0.160. The van der Waals surface area contributed by atoms with Crippen molar-refractivity contribution in [1.82, 2.24) is 5.32 Å². The molecule has 12 heavy (non-hydrogen) atoms. The zero-order chi connectivity index (χ0) is 9.24. The molecule has 0 bridgehead atoms. The Balaban J connectivity index is 2.65. The van der Waals surface area contributed by atoms with E-state index >= 15 is 0 Å². The smallest absolute Gasteiger partial charge is 0.0779 e. The first-order chi connectivity index (χ1) is 5.54. The van der Waals surface area contributed by atoms with Crippen LogP contribution in [0.15, 0.2) is 0 Å². The highest BCUT2D eigenvalue weighted by Crippen LogP contribution is 2.17. The second-order valence-electron chi connectivity index (χ2n) is 4.14. The fourth-order valence-corrected chi connectivity index (χ4v) is 1.55. The van der Waals surface area contributed by atoms with E-state index in [1.807, 2.05) is 13.8 Å². The zero-order valence-corrected chi connectivity index (χ0v) is 7.76. The van der Waals surface area contributed by atoms with Gasteiger partial charge in [0.25, 0.3) is 0 Å². The first kappa shape index (κ1) is 9.92. The van der Waals surface area contributed by atoms with Gasteiger partial charge in [0.1, 0.15) is 0 Å². The molecular weight excluding hydrogens is 156 g/mol. The average Bonchev–Trinajstić information content (AvgIpc) is 2.02. The molecule has 1 heterocycles. The molecule has 0 aromatic rings. The standard InChI is InChI=1S/C8H18N2O2/c1-7(2)5-12-6-8(3-9,4-11)10-7/h10-11H,3-6,9H2,1-2H3. The van der Waals surface area contributed by atoms with Gasteiger partial charge in [0.05, 0.1) is 25.4 Å². The minimum Gasteiger partial charge on any atom is -0.394 e. The van der Waals surface area contributed by atoms with Crippen LogP contribution < -0.4 is 11.1 Å². The molecule has 1 unspecified atom stereocenters. The first-order valence-corrected chi connectivity index (χ1v) is 4.22. The highest BCUT2D eigenvalue weighted by atomic mass is 16.5. The summed E-state index contributed by atoms with van der Waals surface area (Å²) in [5.74, 6) is 0. The van der Waals surface area contributed by atoms with Crippen molar-refractivity contribution < 1.29 is 9.84 Å². The monoisotopic (exact) mass is 174 g/mol. The summed E-state index contributed by atoms with van der Waals surface area (Å²) in [6, 6.07) is 0. The van der Waals surface area contributed by atoms with E-state index < -0.39 is 5.54 Å². The number of hydrogen-bond donors (Lipinski definition) is 3. The SMILES string of the molecule is CC1(C)COCC(CN)(CO)N1. The van der Waals surface area contributed by atoms with Crippen molar-refractivity contribution in [2.45, 2.75) is 24.9 Å². The maximum atomic E-state index is 9.15. The van der Waals surface area contributed by atoms with Crippen molar-refractivity contribution in [3.63, 3.8) is 0 Å². The van der Waals surface area contributed by atoms with E-state index in [0.29, 0.717) is 19.8 Å². The molecule has 0 saturated carbocycles. The van der Waals surface area contributed by atoms with Crippen molar-refractivity contribution in [2.24, 2.45) is 5.73 Å². The van der Waals surface area contributed by atoms with Crippen LogP contribution in [0.1, 0.15) is 13.8 Å². The first-order valence-electron chi connectivity index (χ1n) is 4.22. The van der Waals surface area contributed by atoms with Gasteiger partial charge in [-0.1, -0.05) is 0 Å². The number of rotatable bonds is 2. The number of aliphatic hydroxyl groups is 1. The normalized spacial score (nSPS) is 35.0. The summed E-state index contributed by atoms with van der Waals surface area (Å²) >= 11 is 0. The van der Waals surface area contributed by atoms with Crippen molar-refractivity contribution in [3.05, 3.63) is 0 Å². The largest absolute Gasteiger partial charge is 0.394 e. The molecule has 0 aromatic heterocycles. The summed E-state index contributed by atoms with van der Waals surface area (Å²) in [7, 11) is 0. The van der Waals surface area contributed by atoms with Gasteiger partial charge in [0.2, 0.25) is 0 Å². The minimum atomic E-state index is -0.443. The van der Waals surface area contributed by atoms with E-state index in [-0.39, 0.29) is 12.1 Å². The second-order valence-corrected chi connectivity index (χ2v) is 4.14. The van der Waals surface area contributed by atoms with Crippen LogP contribution in [0, 0.1) is 0 Å². The molecule has 72 valence electrons. The van der Waals surface area contributed by atoms with Crippen LogP contribution in [-0.4, -0.2) is 42.5 Å². The lowest BCUT2D eigenvalue weighted by atomic mass is 9.93. The molecule has 1 fully saturated rings. The van der Waals surface area contributed by atoms with Gasteiger partial charge in [-0.2, -0.15) is 0 Å². The lowest BCUT2D eigenvalue weighted by Crippen LogP contribution is -2.68. The number of nitrogens with two attached hydrogens (primary N) is 1. The quantitative estimate of drug-likeness (QED) is 0.506. The lowest BCUT2D eigenvalue weighted by Gasteiger charge is -2.44. The van der Waals surface area contributed by atoms with Gasteiger partial charge in [-0.05, 0) is 13.8 Å². The molecule has 0 aliphatic carbocycles. The van der Waals surface area contributed by atoms with E-state index in [2.05, 4.69) is 5.32 Å². The van der Waals surface area contributed by atoms with Gasteiger partial charge in [0, 0.05) is 12.1 Å². The molecule has 4 heteroatoms. The van der Waals surface area contributed by atoms with Crippen LogP contribution in [0.5, 0.6) is 0 Å². The number of ether oxygens (including phenoxy) is 1. The molecule has 1 atom stereocenters. The Morgan fingerprint density at radius 2 is 2.17 bits per heavy atom. The van der Waals surface area contributed by atoms with Crippen LogP contribution in [0.4, 0.5) is 0 Å². The molecule has 0 aromatic carbocycles. The van der Waals surface area contributed by atoms with Crippen molar-refractivity contribution in [1.29, 1.82) is 0 Å². The number of morpholine rings is 1. The third-order valence-electron chi connectivity index (χ3n) is 2.14. The van der Waals surface area contributed by atoms with Crippen molar-refractivity contribution >= 4 is 0 Å². The fourth-order valence-electron chi connectivity index (χ4n) is 1.55. The zero-order valence-electron chi connectivity index (χ0n) is 7.76. The van der Waals surface area contributed by atoms with Gasteiger partial charge in [-0.25, -0.2) is 0 Å². The number of hydrogen-bond acceptors (Lipinski definition) is 4. The topological polar surface area (TPSA) is 67.5 Å². The molecule has 1 rings (SSSR count). The average molecular weight is 174 g/mol. The van der Waals surface area contributed by atoms with Crippen molar-refractivity contribution in [2.75, 3.05) is 26.4 Å². The summed E-state index contributed by atoms with van der Waals surface area (Å²) < 4.78 is 5.38. The van der Waals surface area contributed by atoms with E-state index in [1.165, 1.54) is 0 Å². The lowest BCUT2D eigenvalue weighted by molar-refractivity contribution is -0.0474. The molecule has 4 N–H and O–H groups in total. The molecule has 1 aliphatic rings. The van der Waals surface area contributed by atoms with Crippen LogP contribution in [-0.2, 0) is 4.74 Å². The predicted molar refractivity (Wildman–Crippen MR) is 46.9 cm³/mol. The van der Waals surface area contributed by atoms with E-state index in [9.17, 15) is 0 Å². The minimum absolute atomic E-state index is 0.0208. The maximum absolute atomic E-state index is 9.15. The van der Waals surface area contributed by atoms with Gasteiger partial charge in [-0.15, -0.1) is 0 Å². The molecule has 1 saturated heterocycles. The summed E-state index contributed by atoms with van der Waals surface area (Å²) in [5.41, 5.74) is 5.03. The maximum Gasteiger partial charge on any atom is 0.0779 e. The fraction of sp³-hybridized carbons (Fsp3) is 1.00. The molecule has 0 spiro atoms. The van der Waals surface area contributed by atoms with E-state index in [1.54, 1.807) is 0 Å². The summed E-state index contributed by atoms with van der Waals surface area (Å²) in [6.45, 7) is 5.64. The predicted octanol–water partition coefficient (Wildman–Crippen LogP) is -0.925. The van der Waals surface area contributed by atoms with E-state index in [0.717, 1.165) is 0 Å². The Kier molecular flexibility index (Phi) is 2.73. The van der Waals surface area contributed by atoms with Crippen LogP contribution in [0.25, 0.3) is 0 Å². The van der Waals surface area contributed by atoms with Gasteiger partial charge < -0.3 is 15.6 Å². The van der Waals surface area contributed by atoms with Crippen LogP contribution >= 0.6 is 0 Å². The van der Waals surface area contributed by atoms with Crippen molar-refractivity contribution in [3.8, 4) is 0 Å². The van der Waals surface area contributed by atoms with E-state index in [4.69, 9.17) is 15.6 Å². The number of nitrogens with one attached hydrogen (secondary N) is 1. The van der Waals surface area contributed by atoms with Crippen LogP contribution in [0.2, 0.25) is 0 Å². The Morgan fingerprint density at radius 1 is 1.50 bits per heavy atom. The second kappa shape index (κ2) is 3.30. The summed E-state index contributed by atoms with van der Waals surface area (Å²) in [5, 5.41) is 12.5. The van der Waals surface area contributed by atoms with Gasteiger partial charge in [0.15, 0.2) is 0 Å².